The number of aromatic nitrogens is 3. The van der Waals surface area contributed by atoms with Crippen molar-refractivity contribution in [3.63, 3.8) is 0 Å². The van der Waals surface area contributed by atoms with Crippen molar-refractivity contribution >= 4 is 11.3 Å². The predicted octanol–water partition coefficient (Wildman–Crippen LogP) is 2.84. The molecule has 15 heavy (non-hydrogen) atoms. The maximum Gasteiger partial charge on any atom is 0.126 e. The Bertz CT molecular complexity index is 449. The van der Waals surface area contributed by atoms with Gasteiger partial charge in [0.2, 0.25) is 0 Å². The first-order valence-electron chi connectivity index (χ1n) is 4.92. The second kappa shape index (κ2) is 3.45. The zero-order chi connectivity index (χ0) is 11.1. The van der Waals surface area contributed by atoms with E-state index in [0.29, 0.717) is 0 Å². The molecule has 0 unspecified atom stereocenters. The van der Waals surface area contributed by atoms with Gasteiger partial charge in [0.05, 0.1) is 17.5 Å². The number of aryl methyl sites for hydroxylation is 1. The van der Waals surface area contributed by atoms with Crippen LogP contribution in [0.5, 0.6) is 0 Å². The van der Waals surface area contributed by atoms with Gasteiger partial charge in [-0.2, -0.15) is 5.10 Å². The van der Waals surface area contributed by atoms with Gasteiger partial charge in [-0.25, -0.2) is 4.98 Å². The van der Waals surface area contributed by atoms with Gasteiger partial charge >= 0.3 is 0 Å². The zero-order valence-electron chi connectivity index (χ0n) is 9.48. The van der Waals surface area contributed by atoms with Crippen molar-refractivity contribution in [1.82, 2.24) is 14.8 Å². The first kappa shape index (κ1) is 10.4. The molecule has 80 valence electrons. The molecule has 0 saturated carbocycles. The molecule has 0 atom stereocenters. The van der Waals surface area contributed by atoms with Crippen molar-refractivity contribution in [2.75, 3.05) is 0 Å². The van der Waals surface area contributed by atoms with Gasteiger partial charge in [-0.1, -0.05) is 20.8 Å². The fourth-order valence-electron chi connectivity index (χ4n) is 1.84. The second-order valence-corrected chi connectivity index (χ2v) is 5.51. The van der Waals surface area contributed by atoms with Crippen molar-refractivity contribution in [3.05, 3.63) is 23.5 Å². The van der Waals surface area contributed by atoms with Crippen LogP contribution in [-0.4, -0.2) is 14.8 Å². The van der Waals surface area contributed by atoms with Crippen molar-refractivity contribution in [3.8, 4) is 10.6 Å². The molecule has 0 amide bonds. The highest BCUT2D eigenvalue weighted by atomic mass is 32.1. The summed E-state index contributed by atoms with van der Waals surface area (Å²) in [5.41, 5.74) is 2.48. The summed E-state index contributed by atoms with van der Waals surface area (Å²) in [4.78, 5) is 4.34. The lowest BCUT2D eigenvalue weighted by Gasteiger charge is -2.20. The predicted molar refractivity (Wildman–Crippen MR) is 63.0 cm³/mol. The Kier molecular flexibility index (Phi) is 2.38. The monoisotopic (exact) mass is 221 g/mol. The number of thiazole rings is 1. The van der Waals surface area contributed by atoms with Crippen LogP contribution in [0.25, 0.3) is 10.6 Å². The van der Waals surface area contributed by atoms with Gasteiger partial charge < -0.3 is 0 Å². The van der Waals surface area contributed by atoms with E-state index in [1.807, 2.05) is 29.5 Å². The summed E-state index contributed by atoms with van der Waals surface area (Å²) < 4.78 is 1.94. The van der Waals surface area contributed by atoms with Crippen LogP contribution in [0.15, 0.2) is 17.8 Å². The molecule has 0 aliphatic heterocycles. The highest BCUT2D eigenvalue weighted by Crippen LogP contribution is 2.33. The lowest BCUT2D eigenvalue weighted by Crippen LogP contribution is -2.17. The number of hydrogen-bond acceptors (Lipinski definition) is 3. The molecule has 0 aromatic carbocycles. The third kappa shape index (κ3) is 1.81. The van der Waals surface area contributed by atoms with E-state index >= 15 is 0 Å². The Balaban J connectivity index is 2.59. The van der Waals surface area contributed by atoms with E-state index in [1.165, 1.54) is 5.69 Å². The van der Waals surface area contributed by atoms with Crippen molar-refractivity contribution in [2.24, 2.45) is 7.05 Å². The largest absolute Gasteiger partial charge is 0.271 e. The fraction of sp³-hybridized carbons (Fsp3) is 0.455. The van der Waals surface area contributed by atoms with Crippen LogP contribution in [0.4, 0.5) is 0 Å². The molecule has 2 aromatic heterocycles. The van der Waals surface area contributed by atoms with Crippen LogP contribution in [0.2, 0.25) is 0 Å². The first-order valence-corrected chi connectivity index (χ1v) is 5.80. The summed E-state index contributed by atoms with van der Waals surface area (Å²) in [5, 5.41) is 7.37. The minimum Gasteiger partial charge on any atom is -0.271 e. The SMILES string of the molecule is Cn1ncc(-c2nccs2)c1C(C)(C)C. The van der Waals surface area contributed by atoms with Crippen LogP contribution in [0, 0.1) is 0 Å². The highest BCUT2D eigenvalue weighted by molar-refractivity contribution is 7.13. The molecule has 0 aliphatic carbocycles. The van der Waals surface area contributed by atoms with Gasteiger partial charge in [0.1, 0.15) is 5.01 Å². The van der Waals surface area contributed by atoms with E-state index in [9.17, 15) is 0 Å². The van der Waals surface area contributed by atoms with Crippen LogP contribution >= 0.6 is 11.3 Å². The molecule has 2 aromatic rings. The topological polar surface area (TPSA) is 30.7 Å². The quantitative estimate of drug-likeness (QED) is 0.741. The van der Waals surface area contributed by atoms with Crippen molar-refractivity contribution < 1.29 is 0 Å². The standard InChI is InChI=1S/C11H15N3S/c1-11(2,3)9-8(7-13-14(9)4)10-12-5-6-15-10/h5-7H,1-4H3. The smallest absolute Gasteiger partial charge is 0.126 e. The minimum atomic E-state index is 0.0895. The third-order valence-corrected chi connectivity index (χ3v) is 3.12. The van der Waals surface area contributed by atoms with Crippen LogP contribution < -0.4 is 0 Å². The zero-order valence-corrected chi connectivity index (χ0v) is 10.3. The van der Waals surface area contributed by atoms with Gasteiger partial charge in [-0.15, -0.1) is 11.3 Å². The minimum absolute atomic E-state index is 0.0895. The number of nitrogens with zero attached hydrogens (tertiary/aromatic N) is 3. The second-order valence-electron chi connectivity index (χ2n) is 4.62. The average Bonchev–Trinajstić information content (AvgIpc) is 2.68. The van der Waals surface area contributed by atoms with E-state index < -0.39 is 0 Å². The molecule has 4 heteroatoms. The third-order valence-electron chi connectivity index (χ3n) is 2.31. The summed E-state index contributed by atoms with van der Waals surface area (Å²) in [6.45, 7) is 6.59. The van der Waals surface area contributed by atoms with Crippen LogP contribution in [0.3, 0.4) is 0 Å². The molecular weight excluding hydrogens is 206 g/mol. The van der Waals surface area contributed by atoms with Gasteiger partial charge in [-0.3, -0.25) is 4.68 Å². The lowest BCUT2D eigenvalue weighted by molar-refractivity contribution is 0.524. The molecular formula is C11H15N3S. The van der Waals surface area contributed by atoms with Crippen molar-refractivity contribution in [2.45, 2.75) is 26.2 Å². The Morgan fingerprint density at radius 2 is 2.07 bits per heavy atom. The molecule has 0 aliphatic rings. The van der Waals surface area contributed by atoms with Gasteiger partial charge in [-0.05, 0) is 0 Å². The van der Waals surface area contributed by atoms with Gasteiger partial charge in [0.15, 0.2) is 0 Å². The first-order chi connectivity index (χ1) is 7.00. The number of rotatable bonds is 1. The molecule has 0 bridgehead atoms. The summed E-state index contributed by atoms with van der Waals surface area (Å²) in [5.74, 6) is 0. The lowest BCUT2D eigenvalue weighted by atomic mass is 9.89. The molecule has 0 fully saturated rings. The van der Waals surface area contributed by atoms with E-state index in [-0.39, 0.29) is 5.41 Å². The summed E-state index contributed by atoms with van der Waals surface area (Å²) in [7, 11) is 1.98. The maximum atomic E-state index is 4.34. The van der Waals surface area contributed by atoms with E-state index in [2.05, 4.69) is 30.9 Å². The van der Waals surface area contributed by atoms with Gasteiger partial charge in [0.25, 0.3) is 0 Å². The molecule has 0 N–H and O–H groups in total. The normalized spacial score (nSPS) is 12.0. The fourth-order valence-corrected chi connectivity index (χ4v) is 2.49. The van der Waals surface area contributed by atoms with Crippen molar-refractivity contribution in [1.29, 1.82) is 0 Å². The van der Waals surface area contributed by atoms with E-state index in [1.54, 1.807) is 11.3 Å². The molecule has 0 spiro atoms. The Morgan fingerprint density at radius 1 is 1.33 bits per heavy atom. The summed E-state index contributed by atoms with van der Waals surface area (Å²) >= 11 is 1.66. The molecule has 0 saturated heterocycles. The Labute approximate surface area is 93.8 Å². The highest BCUT2D eigenvalue weighted by Gasteiger charge is 2.24. The van der Waals surface area contributed by atoms with E-state index in [4.69, 9.17) is 0 Å². The Morgan fingerprint density at radius 3 is 2.60 bits per heavy atom. The average molecular weight is 221 g/mol. The maximum absolute atomic E-state index is 4.34. The van der Waals surface area contributed by atoms with Crippen LogP contribution in [-0.2, 0) is 12.5 Å². The van der Waals surface area contributed by atoms with Gasteiger partial charge in [0, 0.05) is 24.0 Å². The van der Waals surface area contributed by atoms with Crippen LogP contribution in [0.1, 0.15) is 26.5 Å². The summed E-state index contributed by atoms with van der Waals surface area (Å²) in [6.07, 6.45) is 3.73. The Hall–Kier alpha value is -1.16. The molecule has 2 rings (SSSR count). The molecule has 2 heterocycles. The number of hydrogen-bond donors (Lipinski definition) is 0. The molecule has 3 nitrogen and oxygen atoms in total. The van der Waals surface area contributed by atoms with E-state index in [0.717, 1.165) is 10.6 Å². The molecule has 0 radical (unpaired) electrons. The summed E-state index contributed by atoms with van der Waals surface area (Å²) in [6, 6.07) is 0.